The molecule has 0 aromatic heterocycles. The Morgan fingerprint density at radius 2 is 1.64 bits per heavy atom. The highest BCUT2D eigenvalue weighted by Crippen LogP contribution is 2.40. The van der Waals surface area contributed by atoms with Crippen LogP contribution in [0.5, 0.6) is 0 Å². The highest BCUT2D eigenvalue weighted by atomic mass is 16.6. The van der Waals surface area contributed by atoms with Gasteiger partial charge in [-0.3, -0.25) is 9.59 Å². The number of carbonyl (C=O) groups is 3. The summed E-state index contributed by atoms with van der Waals surface area (Å²) in [6, 6.07) is 14.0. The molecule has 0 fully saturated rings. The Morgan fingerprint density at radius 1 is 1.04 bits per heavy atom. The van der Waals surface area contributed by atoms with Crippen molar-refractivity contribution in [1.82, 2.24) is 0 Å². The first-order valence-corrected chi connectivity index (χ1v) is 9.09. The van der Waals surface area contributed by atoms with Gasteiger partial charge in [-0.2, -0.15) is 0 Å². The maximum atomic E-state index is 13.1. The number of hydrogen-bond donors (Lipinski definition) is 0. The van der Waals surface area contributed by atoms with Gasteiger partial charge in [-0.05, 0) is 44.0 Å². The molecule has 0 aliphatic carbocycles. The normalized spacial score (nSPS) is 16.0. The molecule has 6 nitrogen and oxygen atoms in total. The number of esters is 1. The average molecular weight is 380 g/mol. The Balaban J connectivity index is 2.14. The third-order valence-electron chi connectivity index (χ3n) is 4.49. The number of hydrogen-bond acceptors (Lipinski definition) is 5. The third-order valence-corrected chi connectivity index (χ3v) is 4.49. The largest absolute Gasteiger partial charge is 0.548 e. The Bertz CT molecular complexity index is 929. The van der Waals surface area contributed by atoms with Crippen molar-refractivity contribution in [1.29, 1.82) is 0 Å². The lowest BCUT2D eigenvalue weighted by molar-refractivity contribution is -0.303. The van der Waals surface area contributed by atoms with Crippen LogP contribution in [0.3, 0.4) is 0 Å². The monoisotopic (exact) mass is 380 g/mol. The van der Waals surface area contributed by atoms with Crippen molar-refractivity contribution in [3.63, 3.8) is 0 Å². The fourth-order valence-corrected chi connectivity index (χ4v) is 3.50. The van der Waals surface area contributed by atoms with Crippen molar-refractivity contribution in [3.8, 4) is 0 Å². The second-order valence-corrected chi connectivity index (χ2v) is 7.75. The summed E-state index contributed by atoms with van der Waals surface area (Å²) in [6.07, 6.45) is 0.0394. The molecular formula is C22H22NO5-. The standard InChI is InChI=1S/C22H23NO5/c1-22(2,3)28-20(26)12-17-14-8-4-5-10-16(14)21(27)23(13-19(24)25)18-11-7-6-9-15(17)18/h4-11,17H,12-13H2,1-3H3,(H,24,25)/p-1. The number of carbonyl (C=O) groups excluding carboxylic acids is 3. The lowest BCUT2D eigenvalue weighted by Gasteiger charge is -2.25. The fraction of sp³-hybridized carbons (Fsp3) is 0.318. The first-order valence-electron chi connectivity index (χ1n) is 9.09. The quantitative estimate of drug-likeness (QED) is 0.760. The molecule has 3 rings (SSSR count). The van der Waals surface area contributed by atoms with E-state index < -0.39 is 29.9 Å². The van der Waals surface area contributed by atoms with Crippen LogP contribution in [-0.2, 0) is 14.3 Å². The molecule has 6 heteroatoms. The van der Waals surface area contributed by atoms with Gasteiger partial charge >= 0.3 is 5.97 Å². The zero-order chi connectivity index (χ0) is 20.5. The molecule has 0 saturated carbocycles. The topological polar surface area (TPSA) is 86.7 Å². The van der Waals surface area contributed by atoms with E-state index in [0.717, 1.165) is 0 Å². The van der Waals surface area contributed by atoms with Crippen LogP contribution in [0.15, 0.2) is 48.5 Å². The van der Waals surface area contributed by atoms with E-state index in [1.807, 2.05) is 6.07 Å². The number of nitrogens with zero attached hydrogens (tertiary/aromatic N) is 1. The van der Waals surface area contributed by atoms with Crippen molar-refractivity contribution >= 4 is 23.5 Å². The van der Waals surface area contributed by atoms with Gasteiger partial charge in [0.15, 0.2) is 0 Å². The summed E-state index contributed by atoms with van der Waals surface area (Å²) in [5, 5.41) is 11.3. The number of amides is 1. The van der Waals surface area contributed by atoms with Gasteiger partial charge in [-0.15, -0.1) is 0 Å². The first kappa shape index (κ1) is 19.6. The molecule has 146 valence electrons. The van der Waals surface area contributed by atoms with E-state index in [1.165, 1.54) is 4.90 Å². The molecule has 0 spiro atoms. The number of anilines is 1. The molecule has 0 radical (unpaired) electrons. The molecule has 28 heavy (non-hydrogen) atoms. The number of carboxylic acids is 1. The van der Waals surface area contributed by atoms with Crippen LogP contribution in [-0.4, -0.2) is 30.0 Å². The summed E-state index contributed by atoms with van der Waals surface area (Å²) in [5.41, 5.74) is 1.58. The summed E-state index contributed by atoms with van der Waals surface area (Å²) in [4.78, 5) is 38.2. The Hall–Kier alpha value is -3.15. The van der Waals surface area contributed by atoms with E-state index in [0.29, 0.717) is 22.4 Å². The van der Waals surface area contributed by atoms with Gasteiger partial charge in [0.05, 0.1) is 18.9 Å². The second kappa shape index (κ2) is 7.46. The van der Waals surface area contributed by atoms with Crippen LogP contribution in [0.1, 0.15) is 54.6 Å². The number of carboxylic acid groups (broad SMARTS) is 1. The SMILES string of the molecule is CC(C)(C)OC(=O)CC1c2ccccc2C(=O)N(CC(=O)[O-])c2ccccc21. The molecule has 0 N–H and O–H groups in total. The average Bonchev–Trinajstić information content (AvgIpc) is 2.70. The summed E-state index contributed by atoms with van der Waals surface area (Å²) in [7, 11) is 0. The molecule has 1 aliphatic heterocycles. The van der Waals surface area contributed by atoms with Crippen molar-refractivity contribution in [3.05, 3.63) is 65.2 Å². The number of aliphatic carboxylic acids is 1. The summed E-state index contributed by atoms with van der Waals surface area (Å²) in [5.74, 6) is -2.61. The Labute approximate surface area is 163 Å². The molecule has 1 unspecified atom stereocenters. The van der Waals surface area contributed by atoms with Gasteiger partial charge in [-0.25, -0.2) is 0 Å². The van der Waals surface area contributed by atoms with E-state index >= 15 is 0 Å². The Kier molecular flexibility index (Phi) is 5.23. The van der Waals surface area contributed by atoms with Crippen LogP contribution in [0.4, 0.5) is 5.69 Å². The second-order valence-electron chi connectivity index (χ2n) is 7.75. The molecule has 0 saturated heterocycles. The molecule has 0 bridgehead atoms. The van der Waals surface area contributed by atoms with E-state index in [4.69, 9.17) is 4.74 Å². The zero-order valence-electron chi connectivity index (χ0n) is 16.1. The predicted molar refractivity (Wildman–Crippen MR) is 102 cm³/mol. The van der Waals surface area contributed by atoms with Gasteiger partial charge in [-0.1, -0.05) is 36.4 Å². The van der Waals surface area contributed by atoms with Crippen LogP contribution < -0.4 is 10.0 Å². The lowest BCUT2D eigenvalue weighted by Crippen LogP contribution is -2.41. The number of benzene rings is 2. The number of ether oxygens (including phenoxy) is 1. The molecule has 1 aliphatic rings. The van der Waals surface area contributed by atoms with Crippen molar-refractivity contribution < 1.29 is 24.2 Å². The van der Waals surface area contributed by atoms with Gasteiger partial charge < -0.3 is 19.5 Å². The molecule has 1 heterocycles. The maximum absolute atomic E-state index is 13.1. The molecule has 2 aromatic carbocycles. The molecule has 1 amide bonds. The highest BCUT2D eigenvalue weighted by molar-refractivity contribution is 6.10. The summed E-state index contributed by atoms with van der Waals surface area (Å²) in [6.45, 7) is 4.82. The minimum Gasteiger partial charge on any atom is -0.548 e. The van der Waals surface area contributed by atoms with E-state index in [1.54, 1.807) is 63.2 Å². The lowest BCUT2D eigenvalue weighted by atomic mass is 9.86. The minimum absolute atomic E-state index is 0.0394. The van der Waals surface area contributed by atoms with Crippen molar-refractivity contribution in [2.24, 2.45) is 0 Å². The van der Waals surface area contributed by atoms with Gasteiger partial charge in [0.1, 0.15) is 5.60 Å². The van der Waals surface area contributed by atoms with Gasteiger partial charge in [0, 0.05) is 17.2 Å². The Morgan fingerprint density at radius 3 is 2.29 bits per heavy atom. The first-order chi connectivity index (χ1) is 13.2. The van der Waals surface area contributed by atoms with Gasteiger partial charge in [0.25, 0.3) is 5.91 Å². The summed E-state index contributed by atoms with van der Waals surface area (Å²) < 4.78 is 5.49. The number of fused-ring (bicyclic) bond motifs is 2. The molecule has 1 atom stereocenters. The smallest absolute Gasteiger partial charge is 0.307 e. The maximum Gasteiger partial charge on any atom is 0.307 e. The molecular weight excluding hydrogens is 358 g/mol. The van der Waals surface area contributed by atoms with E-state index in [-0.39, 0.29) is 12.4 Å². The molecule has 2 aromatic rings. The number of para-hydroxylation sites is 1. The zero-order valence-corrected chi connectivity index (χ0v) is 16.1. The van der Waals surface area contributed by atoms with Crippen LogP contribution in [0.25, 0.3) is 0 Å². The van der Waals surface area contributed by atoms with Crippen molar-refractivity contribution in [2.45, 2.75) is 38.7 Å². The minimum atomic E-state index is -1.36. The van der Waals surface area contributed by atoms with E-state index in [2.05, 4.69) is 0 Å². The fourth-order valence-electron chi connectivity index (χ4n) is 3.50. The van der Waals surface area contributed by atoms with Crippen LogP contribution in [0, 0.1) is 0 Å². The van der Waals surface area contributed by atoms with Gasteiger partial charge in [0.2, 0.25) is 0 Å². The summed E-state index contributed by atoms with van der Waals surface area (Å²) >= 11 is 0. The highest BCUT2D eigenvalue weighted by Gasteiger charge is 2.34. The van der Waals surface area contributed by atoms with Crippen molar-refractivity contribution in [2.75, 3.05) is 11.4 Å². The third kappa shape index (κ3) is 4.06. The van der Waals surface area contributed by atoms with Crippen LogP contribution >= 0.6 is 0 Å². The van der Waals surface area contributed by atoms with E-state index in [9.17, 15) is 19.5 Å². The predicted octanol–water partition coefficient (Wildman–Crippen LogP) is 2.26. The van der Waals surface area contributed by atoms with Crippen LogP contribution in [0.2, 0.25) is 0 Å². The number of rotatable bonds is 4.